The molecular formula is C21H13BrCl2N2OS. The Hall–Kier alpha value is -1.79. The average Bonchev–Trinajstić information content (AvgIpc) is 2.69. The summed E-state index contributed by atoms with van der Waals surface area (Å²) in [7, 11) is 0. The predicted octanol–water partition coefficient (Wildman–Crippen LogP) is 6.75. The van der Waals surface area contributed by atoms with E-state index in [9.17, 15) is 4.79 Å². The van der Waals surface area contributed by atoms with E-state index in [2.05, 4.69) is 15.9 Å². The first kappa shape index (κ1) is 19.5. The molecular weight excluding hydrogens is 479 g/mol. The van der Waals surface area contributed by atoms with Gasteiger partial charge in [0, 0.05) is 20.3 Å². The van der Waals surface area contributed by atoms with Crippen molar-refractivity contribution in [3.05, 3.63) is 97.2 Å². The van der Waals surface area contributed by atoms with Crippen LogP contribution in [0.4, 0.5) is 0 Å². The van der Waals surface area contributed by atoms with E-state index in [1.165, 1.54) is 11.8 Å². The molecule has 0 fully saturated rings. The van der Waals surface area contributed by atoms with E-state index in [-0.39, 0.29) is 5.56 Å². The number of nitrogens with zero attached hydrogens (tertiary/aromatic N) is 2. The van der Waals surface area contributed by atoms with Crippen LogP contribution in [0.25, 0.3) is 16.6 Å². The maximum absolute atomic E-state index is 13.2. The zero-order valence-electron chi connectivity index (χ0n) is 14.4. The molecule has 0 aliphatic heterocycles. The van der Waals surface area contributed by atoms with Gasteiger partial charge in [-0.3, -0.25) is 9.36 Å². The van der Waals surface area contributed by atoms with E-state index < -0.39 is 0 Å². The van der Waals surface area contributed by atoms with Crippen molar-refractivity contribution in [1.29, 1.82) is 0 Å². The second kappa shape index (κ2) is 8.29. The number of halogens is 3. The van der Waals surface area contributed by atoms with Gasteiger partial charge in [-0.25, -0.2) is 4.98 Å². The van der Waals surface area contributed by atoms with Crippen LogP contribution in [0.3, 0.4) is 0 Å². The smallest absolute Gasteiger partial charge is 0.266 e. The number of thioether (sulfide) groups is 1. The second-order valence-corrected chi connectivity index (χ2v) is 8.69. The molecule has 0 N–H and O–H groups in total. The third kappa shape index (κ3) is 3.85. The van der Waals surface area contributed by atoms with Crippen LogP contribution in [-0.4, -0.2) is 9.55 Å². The van der Waals surface area contributed by atoms with Crippen molar-refractivity contribution in [2.45, 2.75) is 10.9 Å². The van der Waals surface area contributed by atoms with Crippen LogP contribution in [0.1, 0.15) is 5.56 Å². The molecule has 1 heterocycles. The average molecular weight is 492 g/mol. The lowest BCUT2D eigenvalue weighted by Crippen LogP contribution is -2.21. The van der Waals surface area contributed by atoms with Crippen molar-refractivity contribution in [2.24, 2.45) is 0 Å². The molecule has 140 valence electrons. The predicted molar refractivity (Wildman–Crippen MR) is 121 cm³/mol. The second-order valence-electron chi connectivity index (χ2n) is 6.02. The third-order valence-corrected chi connectivity index (χ3v) is 6.44. The fraction of sp³-hybridized carbons (Fsp3) is 0.0476. The summed E-state index contributed by atoms with van der Waals surface area (Å²) in [5, 5.41) is 2.35. The van der Waals surface area contributed by atoms with Crippen LogP contribution in [-0.2, 0) is 5.75 Å². The van der Waals surface area contributed by atoms with E-state index in [4.69, 9.17) is 28.2 Å². The van der Waals surface area contributed by atoms with Gasteiger partial charge in [0.25, 0.3) is 5.56 Å². The monoisotopic (exact) mass is 490 g/mol. The van der Waals surface area contributed by atoms with Crippen molar-refractivity contribution in [3.63, 3.8) is 0 Å². The molecule has 28 heavy (non-hydrogen) atoms. The molecule has 3 nitrogen and oxygen atoms in total. The highest BCUT2D eigenvalue weighted by Gasteiger charge is 2.15. The standard InChI is InChI=1S/C21H13BrCl2N2OS/c22-13-8-10-14(11-9-13)26-20(27)15-4-1-2-7-19(15)25-21(26)28-12-16-17(23)5-3-6-18(16)24/h1-11H,12H2. The lowest BCUT2D eigenvalue weighted by atomic mass is 10.2. The highest BCUT2D eigenvalue weighted by atomic mass is 79.9. The lowest BCUT2D eigenvalue weighted by Gasteiger charge is -2.14. The van der Waals surface area contributed by atoms with E-state index in [1.54, 1.807) is 22.8 Å². The Morgan fingerprint density at radius 1 is 0.929 bits per heavy atom. The van der Waals surface area contributed by atoms with Gasteiger partial charge in [0.05, 0.1) is 16.6 Å². The maximum atomic E-state index is 13.2. The highest BCUT2D eigenvalue weighted by Crippen LogP contribution is 2.32. The van der Waals surface area contributed by atoms with Gasteiger partial charge >= 0.3 is 0 Å². The van der Waals surface area contributed by atoms with Crippen molar-refractivity contribution < 1.29 is 0 Å². The van der Waals surface area contributed by atoms with Gasteiger partial charge in [-0.2, -0.15) is 0 Å². The van der Waals surface area contributed by atoms with E-state index in [0.717, 1.165) is 15.7 Å². The number of fused-ring (bicyclic) bond motifs is 1. The fourth-order valence-corrected chi connectivity index (χ4v) is 4.85. The Balaban J connectivity index is 1.85. The number of aromatic nitrogens is 2. The van der Waals surface area contributed by atoms with Crippen LogP contribution in [0.5, 0.6) is 0 Å². The van der Waals surface area contributed by atoms with E-state index in [1.807, 2.05) is 48.5 Å². The SMILES string of the molecule is O=c1c2ccccc2nc(SCc2c(Cl)cccc2Cl)n1-c1ccc(Br)cc1. The number of benzene rings is 3. The van der Waals surface area contributed by atoms with Gasteiger partial charge in [-0.1, -0.05) is 69.1 Å². The van der Waals surface area contributed by atoms with Crippen LogP contribution in [0.15, 0.2) is 81.2 Å². The summed E-state index contributed by atoms with van der Waals surface area (Å²) in [5.74, 6) is 0.500. The largest absolute Gasteiger partial charge is 0.268 e. The zero-order chi connectivity index (χ0) is 19.7. The fourth-order valence-electron chi connectivity index (χ4n) is 2.83. The van der Waals surface area contributed by atoms with Gasteiger partial charge in [0.15, 0.2) is 5.16 Å². The summed E-state index contributed by atoms with van der Waals surface area (Å²) < 4.78 is 2.57. The van der Waals surface area contributed by atoms with Crippen LogP contribution < -0.4 is 5.56 Å². The van der Waals surface area contributed by atoms with Gasteiger partial charge in [-0.05, 0) is 54.1 Å². The molecule has 1 aromatic heterocycles. The van der Waals surface area contributed by atoms with Gasteiger partial charge < -0.3 is 0 Å². The summed E-state index contributed by atoms with van der Waals surface area (Å²) >= 11 is 17.5. The summed E-state index contributed by atoms with van der Waals surface area (Å²) in [6.07, 6.45) is 0. The molecule has 0 spiro atoms. The molecule has 3 aromatic carbocycles. The van der Waals surface area contributed by atoms with E-state index >= 15 is 0 Å². The Kier molecular flexibility index (Phi) is 5.78. The van der Waals surface area contributed by atoms with Crippen LogP contribution in [0, 0.1) is 0 Å². The third-order valence-electron chi connectivity index (χ3n) is 4.24. The normalized spacial score (nSPS) is 11.1. The summed E-state index contributed by atoms with van der Waals surface area (Å²) in [4.78, 5) is 18.0. The molecule has 4 aromatic rings. The van der Waals surface area contributed by atoms with E-state index in [0.29, 0.717) is 31.9 Å². The zero-order valence-corrected chi connectivity index (χ0v) is 18.3. The molecule has 0 unspecified atom stereocenters. The van der Waals surface area contributed by atoms with Crippen LogP contribution >= 0.6 is 50.9 Å². The molecule has 0 aliphatic carbocycles. The number of hydrogen-bond acceptors (Lipinski definition) is 3. The molecule has 0 radical (unpaired) electrons. The van der Waals surface area contributed by atoms with Gasteiger partial charge in [0.1, 0.15) is 0 Å². The summed E-state index contributed by atoms with van der Waals surface area (Å²) in [6.45, 7) is 0. The van der Waals surface area contributed by atoms with Crippen molar-refractivity contribution in [3.8, 4) is 5.69 Å². The number of rotatable bonds is 4. The number of hydrogen-bond donors (Lipinski definition) is 0. The molecule has 0 aliphatic rings. The molecule has 0 amide bonds. The Bertz CT molecular complexity index is 1210. The molecule has 7 heteroatoms. The van der Waals surface area contributed by atoms with Crippen molar-refractivity contribution >= 4 is 61.8 Å². The Labute approximate surface area is 184 Å². The molecule has 0 bridgehead atoms. The molecule has 4 rings (SSSR count). The molecule has 0 saturated heterocycles. The van der Waals surface area contributed by atoms with Gasteiger partial charge in [-0.15, -0.1) is 0 Å². The minimum atomic E-state index is -0.110. The molecule has 0 saturated carbocycles. The quantitative estimate of drug-likeness (QED) is 0.234. The Morgan fingerprint density at radius 2 is 1.61 bits per heavy atom. The summed E-state index contributed by atoms with van der Waals surface area (Å²) in [5.41, 5.74) is 2.12. The first-order valence-electron chi connectivity index (χ1n) is 8.38. The maximum Gasteiger partial charge on any atom is 0.266 e. The van der Waals surface area contributed by atoms with Gasteiger partial charge in [0.2, 0.25) is 0 Å². The van der Waals surface area contributed by atoms with Crippen molar-refractivity contribution in [2.75, 3.05) is 0 Å². The lowest BCUT2D eigenvalue weighted by molar-refractivity contribution is 0.819. The van der Waals surface area contributed by atoms with Crippen molar-refractivity contribution in [1.82, 2.24) is 9.55 Å². The first-order chi connectivity index (χ1) is 13.5. The minimum Gasteiger partial charge on any atom is -0.268 e. The summed E-state index contributed by atoms with van der Waals surface area (Å²) in [6, 6.07) is 20.3. The highest BCUT2D eigenvalue weighted by molar-refractivity contribution is 9.10. The topological polar surface area (TPSA) is 34.9 Å². The number of para-hydroxylation sites is 1. The molecule has 0 atom stereocenters. The minimum absolute atomic E-state index is 0.110. The first-order valence-corrected chi connectivity index (χ1v) is 10.9. The Morgan fingerprint density at radius 3 is 2.32 bits per heavy atom. The van der Waals surface area contributed by atoms with Crippen LogP contribution in [0.2, 0.25) is 10.0 Å².